The van der Waals surface area contributed by atoms with Gasteiger partial charge in [0.2, 0.25) is 17.8 Å². The summed E-state index contributed by atoms with van der Waals surface area (Å²) >= 11 is 0. The van der Waals surface area contributed by atoms with E-state index in [2.05, 4.69) is 25.4 Å². The highest BCUT2D eigenvalue weighted by Gasteiger charge is 2.07. The maximum absolute atomic E-state index is 5.61. The molecule has 8 nitrogen and oxygen atoms in total. The lowest BCUT2D eigenvalue weighted by atomic mass is 10.4. The van der Waals surface area contributed by atoms with Gasteiger partial charge in [0.15, 0.2) is 5.76 Å². The van der Waals surface area contributed by atoms with Crippen LogP contribution in [0, 0.1) is 6.92 Å². The largest absolute Gasteiger partial charge is 0.368 e. The highest BCUT2D eigenvalue weighted by molar-refractivity contribution is 5.40. The number of aryl methyl sites for hydroxylation is 1. The predicted molar refractivity (Wildman–Crippen MR) is 67.1 cm³/mol. The van der Waals surface area contributed by atoms with Crippen LogP contribution in [0.5, 0.6) is 0 Å². The molecule has 2 heterocycles. The molecule has 2 aromatic rings. The van der Waals surface area contributed by atoms with Crippen molar-refractivity contribution in [2.24, 2.45) is 0 Å². The fourth-order valence-electron chi connectivity index (χ4n) is 1.33. The lowest BCUT2D eigenvalue weighted by molar-refractivity contribution is 0.384. The van der Waals surface area contributed by atoms with Crippen LogP contribution in [0.25, 0.3) is 0 Å². The molecule has 0 aliphatic heterocycles. The number of hydrogen-bond acceptors (Lipinski definition) is 8. The van der Waals surface area contributed by atoms with Crippen LogP contribution in [-0.4, -0.2) is 34.2 Å². The molecule has 0 atom stereocenters. The summed E-state index contributed by atoms with van der Waals surface area (Å²) in [5.74, 6) is 1.78. The lowest BCUT2D eigenvalue weighted by Gasteiger charge is -2.11. The molecule has 2 rings (SSSR count). The predicted octanol–water partition coefficient (Wildman–Crippen LogP) is 0.428. The Balaban J connectivity index is 2.09. The van der Waals surface area contributed by atoms with E-state index in [4.69, 9.17) is 10.3 Å². The van der Waals surface area contributed by atoms with Gasteiger partial charge >= 0.3 is 0 Å². The highest BCUT2D eigenvalue weighted by atomic mass is 16.5. The molecule has 96 valence electrons. The van der Waals surface area contributed by atoms with Crippen LogP contribution in [0.15, 0.2) is 10.6 Å². The topological polar surface area (TPSA) is 106 Å². The molecule has 0 saturated heterocycles. The standard InChI is InChI=1S/C10H15N7O/c1-6-4-7(18-16-6)5-12-9-13-8(11)14-10(15-9)17(2)3/h4H,5H2,1-3H3,(H3,11,12,13,14,15). The normalized spacial score (nSPS) is 10.4. The first-order chi connectivity index (χ1) is 8.54. The number of nitrogens with two attached hydrogens (primary N) is 1. The van der Waals surface area contributed by atoms with Crippen LogP contribution in [0.2, 0.25) is 0 Å². The molecule has 0 amide bonds. The zero-order valence-corrected chi connectivity index (χ0v) is 10.5. The minimum atomic E-state index is 0.171. The third-order valence-corrected chi connectivity index (χ3v) is 2.14. The first kappa shape index (κ1) is 12.1. The number of anilines is 3. The third-order valence-electron chi connectivity index (χ3n) is 2.14. The second kappa shape index (κ2) is 4.86. The summed E-state index contributed by atoms with van der Waals surface area (Å²) in [7, 11) is 3.66. The molecule has 0 fully saturated rings. The minimum Gasteiger partial charge on any atom is -0.368 e. The van der Waals surface area contributed by atoms with Crippen LogP contribution in [0.1, 0.15) is 11.5 Å². The minimum absolute atomic E-state index is 0.171. The van der Waals surface area contributed by atoms with Crippen LogP contribution >= 0.6 is 0 Å². The molecule has 0 saturated carbocycles. The molecule has 0 spiro atoms. The third kappa shape index (κ3) is 2.84. The van der Waals surface area contributed by atoms with Crippen LogP contribution < -0.4 is 16.0 Å². The molecule has 3 N–H and O–H groups in total. The van der Waals surface area contributed by atoms with Gasteiger partial charge in [0.25, 0.3) is 0 Å². The smallest absolute Gasteiger partial charge is 0.231 e. The molecule has 0 aromatic carbocycles. The van der Waals surface area contributed by atoms with E-state index in [0.717, 1.165) is 5.69 Å². The van der Waals surface area contributed by atoms with Crippen molar-refractivity contribution in [2.75, 3.05) is 30.0 Å². The van der Waals surface area contributed by atoms with Crippen LogP contribution in [-0.2, 0) is 6.54 Å². The molecule has 2 aromatic heterocycles. The first-order valence-corrected chi connectivity index (χ1v) is 5.39. The maximum atomic E-state index is 5.61. The summed E-state index contributed by atoms with van der Waals surface area (Å²) in [6.45, 7) is 2.30. The van der Waals surface area contributed by atoms with E-state index in [1.165, 1.54) is 0 Å². The zero-order chi connectivity index (χ0) is 13.1. The van der Waals surface area contributed by atoms with Gasteiger partial charge in [-0.2, -0.15) is 15.0 Å². The van der Waals surface area contributed by atoms with Gasteiger partial charge in [-0.05, 0) is 6.92 Å². The van der Waals surface area contributed by atoms with Gasteiger partial charge in [-0.1, -0.05) is 5.16 Å². The Morgan fingerprint density at radius 2 is 2.11 bits per heavy atom. The quantitative estimate of drug-likeness (QED) is 0.803. The van der Waals surface area contributed by atoms with Crippen molar-refractivity contribution in [3.8, 4) is 0 Å². The number of nitrogens with one attached hydrogen (secondary N) is 1. The summed E-state index contributed by atoms with van der Waals surface area (Å²) in [6.07, 6.45) is 0. The molecule has 0 radical (unpaired) electrons. The average molecular weight is 249 g/mol. The van der Waals surface area contributed by atoms with E-state index >= 15 is 0 Å². The van der Waals surface area contributed by atoms with Gasteiger partial charge in [-0.25, -0.2) is 0 Å². The molecular weight excluding hydrogens is 234 g/mol. The van der Waals surface area contributed by atoms with Crippen molar-refractivity contribution in [2.45, 2.75) is 13.5 Å². The first-order valence-electron chi connectivity index (χ1n) is 5.39. The number of rotatable bonds is 4. The van der Waals surface area contributed by atoms with Crippen LogP contribution in [0.3, 0.4) is 0 Å². The Labute approximate surface area is 104 Å². The Hall–Kier alpha value is -2.38. The second-order valence-electron chi connectivity index (χ2n) is 4.00. The van der Waals surface area contributed by atoms with Gasteiger partial charge in [0.05, 0.1) is 12.2 Å². The molecular formula is C10H15N7O. The summed E-state index contributed by atoms with van der Waals surface area (Å²) in [6, 6.07) is 1.84. The molecule has 0 unspecified atom stereocenters. The van der Waals surface area contributed by atoms with Gasteiger partial charge < -0.3 is 20.5 Å². The summed E-state index contributed by atoms with van der Waals surface area (Å²) in [4.78, 5) is 13.9. The molecule has 8 heteroatoms. The maximum Gasteiger partial charge on any atom is 0.231 e. The Kier molecular flexibility index (Phi) is 3.26. The number of nitrogens with zero attached hydrogens (tertiary/aromatic N) is 5. The number of hydrogen-bond donors (Lipinski definition) is 2. The number of nitrogen functional groups attached to an aromatic ring is 1. The monoisotopic (exact) mass is 249 g/mol. The average Bonchev–Trinajstić information content (AvgIpc) is 2.72. The number of aromatic nitrogens is 4. The van der Waals surface area contributed by atoms with Crippen molar-refractivity contribution < 1.29 is 4.52 Å². The second-order valence-corrected chi connectivity index (χ2v) is 4.00. The van der Waals surface area contributed by atoms with Gasteiger partial charge in [0, 0.05) is 20.2 Å². The van der Waals surface area contributed by atoms with Gasteiger partial charge in [-0.3, -0.25) is 0 Å². The molecule has 0 aliphatic rings. The zero-order valence-electron chi connectivity index (χ0n) is 10.5. The SMILES string of the molecule is Cc1cc(CNc2nc(N)nc(N(C)C)n2)on1. The highest BCUT2D eigenvalue weighted by Crippen LogP contribution is 2.10. The fraction of sp³-hybridized carbons (Fsp3) is 0.400. The molecule has 0 bridgehead atoms. The lowest BCUT2D eigenvalue weighted by Crippen LogP contribution is -2.16. The van der Waals surface area contributed by atoms with Crippen molar-refractivity contribution in [3.05, 3.63) is 17.5 Å². The molecule has 0 aliphatic carbocycles. The van der Waals surface area contributed by atoms with Crippen molar-refractivity contribution in [3.63, 3.8) is 0 Å². The summed E-state index contributed by atoms with van der Waals surface area (Å²) in [5, 5.41) is 6.80. The van der Waals surface area contributed by atoms with Gasteiger partial charge in [-0.15, -0.1) is 0 Å². The van der Waals surface area contributed by atoms with E-state index in [0.29, 0.717) is 24.2 Å². The van der Waals surface area contributed by atoms with Crippen molar-refractivity contribution in [1.82, 2.24) is 20.1 Å². The Morgan fingerprint density at radius 1 is 1.33 bits per heavy atom. The fourth-order valence-corrected chi connectivity index (χ4v) is 1.33. The molecule has 18 heavy (non-hydrogen) atoms. The van der Waals surface area contributed by atoms with E-state index in [1.807, 2.05) is 27.1 Å². The van der Waals surface area contributed by atoms with E-state index in [1.54, 1.807) is 4.90 Å². The van der Waals surface area contributed by atoms with Crippen molar-refractivity contribution in [1.29, 1.82) is 0 Å². The summed E-state index contributed by atoms with van der Waals surface area (Å²) < 4.78 is 5.07. The van der Waals surface area contributed by atoms with E-state index < -0.39 is 0 Å². The summed E-state index contributed by atoms with van der Waals surface area (Å²) in [5.41, 5.74) is 6.44. The van der Waals surface area contributed by atoms with E-state index in [9.17, 15) is 0 Å². The van der Waals surface area contributed by atoms with Crippen LogP contribution in [0.4, 0.5) is 17.8 Å². The van der Waals surface area contributed by atoms with E-state index in [-0.39, 0.29) is 5.95 Å². The Bertz CT molecular complexity index is 537. The Morgan fingerprint density at radius 3 is 2.72 bits per heavy atom. The van der Waals surface area contributed by atoms with Gasteiger partial charge in [0.1, 0.15) is 0 Å². The van der Waals surface area contributed by atoms with Crippen molar-refractivity contribution >= 4 is 17.8 Å².